The second-order valence-corrected chi connectivity index (χ2v) is 4.89. The molecule has 0 amide bonds. The number of hydrazine groups is 1. The number of nitrogens with zero attached hydrogens (tertiary/aromatic N) is 2. The Hall–Kier alpha value is -2.18. The molecule has 1 aromatic heterocycles. The lowest BCUT2D eigenvalue weighted by molar-refractivity contribution is 0.459. The van der Waals surface area contributed by atoms with Gasteiger partial charge in [-0.1, -0.05) is 30.3 Å². The van der Waals surface area contributed by atoms with Crippen molar-refractivity contribution in [2.75, 3.05) is 5.43 Å². The minimum Gasteiger partial charge on any atom is -0.438 e. The zero-order valence-electron chi connectivity index (χ0n) is 10.4. The van der Waals surface area contributed by atoms with Crippen LogP contribution < -0.4 is 16.0 Å². The summed E-state index contributed by atoms with van der Waals surface area (Å²) in [7, 11) is 0. The Bertz CT molecular complexity index is 763. The summed E-state index contributed by atoms with van der Waals surface area (Å²) in [6.45, 7) is 0. The quantitative estimate of drug-likeness (QED) is 0.568. The average molecular weight is 331 g/mol. The molecule has 0 fully saturated rings. The van der Waals surface area contributed by atoms with Crippen molar-refractivity contribution in [1.82, 2.24) is 9.97 Å². The monoisotopic (exact) mass is 330 g/mol. The predicted molar refractivity (Wildman–Crippen MR) is 81.6 cm³/mol. The van der Waals surface area contributed by atoms with Crippen molar-refractivity contribution in [3.8, 4) is 11.6 Å². The number of halogens is 1. The number of hydrogen-bond acceptors (Lipinski definition) is 5. The highest BCUT2D eigenvalue weighted by atomic mass is 79.9. The van der Waals surface area contributed by atoms with Crippen molar-refractivity contribution in [2.24, 2.45) is 5.84 Å². The number of hydrogen-bond donors (Lipinski definition) is 2. The van der Waals surface area contributed by atoms with Gasteiger partial charge in [-0.05, 0) is 38.8 Å². The molecule has 20 heavy (non-hydrogen) atoms. The lowest BCUT2D eigenvalue weighted by atomic mass is 10.1. The SMILES string of the molecule is NNc1ncnc(Oc2ccc3ccccc3c2)c1Br. The minimum absolute atomic E-state index is 0.406. The van der Waals surface area contributed by atoms with Gasteiger partial charge in [0.2, 0.25) is 5.88 Å². The third kappa shape index (κ3) is 2.43. The number of ether oxygens (including phenoxy) is 1. The van der Waals surface area contributed by atoms with Gasteiger partial charge in [0.05, 0.1) is 0 Å². The molecule has 100 valence electrons. The van der Waals surface area contributed by atoms with Crippen LogP contribution in [0.15, 0.2) is 53.3 Å². The van der Waals surface area contributed by atoms with Crippen molar-refractivity contribution in [2.45, 2.75) is 0 Å². The Labute approximate surface area is 123 Å². The van der Waals surface area contributed by atoms with Crippen LogP contribution in [-0.2, 0) is 0 Å². The summed E-state index contributed by atoms with van der Waals surface area (Å²) in [6.07, 6.45) is 1.39. The first kappa shape index (κ1) is 12.8. The highest BCUT2D eigenvalue weighted by Crippen LogP contribution is 2.32. The lowest BCUT2D eigenvalue weighted by Gasteiger charge is -2.09. The van der Waals surface area contributed by atoms with E-state index in [4.69, 9.17) is 10.6 Å². The predicted octanol–water partition coefficient (Wildman–Crippen LogP) is 3.47. The van der Waals surface area contributed by atoms with E-state index < -0.39 is 0 Å². The number of anilines is 1. The van der Waals surface area contributed by atoms with Crippen LogP contribution in [0.3, 0.4) is 0 Å². The molecule has 0 unspecified atom stereocenters. The van der Waals surface area contributed by atoms with Crippen LogP contribution in [0.4, 0.5) is 5.82 Å². The molecule has 0 aliphatic heterocycles. The normalized spacial score (nSPS) is 10.5. The maximum atomic E-state index is 5.77. The number of nitrogens with one attached hydrogen (secondary N) is 1. The smallest absolute Gasteiger partial charge is 0.238 e. The largest absolute Gasteiger partial charge is 0.438 e. The summed E-state index contributed by atoms with van der Waals surface area (Å²) in [6, 6.07) is 13.9. The standard InChI is InChI=1S/C14H11BrN4O/c15-12-13(19-16)17-8-18-14(12)20-11-6-5-9-3-1-2-4-10(9)7-11/h1-8H,16H2,(H,17,18,19). The molecule has 0 spiro atoms. The maximum absolute atomic E-state index is 5.77. The molecule has 3 aromatic rings. The van der Waals surface area contributed by atoms with Gasteiger partial charge in [-0.15, -0.1) is 0 Å². The molecule has 2 aromatic carbocycles. The molecule has 0 aliphatic rings. The molecule has 0 saturated carbocycles. The molecule has 0 atom stereocenters. The molecule has 1 heterocycles. The molecule has 6 heteroatoms. The highest BCUT2D eigenvalue weighted by molar-refractivity contribution is 9.10. The Morgan fingerprint density at radius 1 is 1.05 bits per heavy atom. The lowest BCUT2D eigenvalue weighted by Crippen LogP contribution is -2.09. The van der Waals surface area contributed by atoms with Crippen LogP contribution in [-0.4, -0.2) is 9.97 Å². The van der Waals surface area contributed by atoms with Gasteiger partial charge in [-0.2, -0.15) is 0 Å². The molecule has 0 saturated heterocycles. The van der Waals surface area contributed by atoms with Crippen LogP contribution in [0.2, 0.25) is 0 Å². The molecule has 0 aliphatic carbocycles. The van der Waals surface area contributed by atoms with E-state index in [0.29, 0.717) is 21.9 Å². The molecule has 5 nitrogen and oxygen atoms in total. The number of rotatable bonds is 3. The average Bonchev–Trinajstić information content (AvgIpc) is 2.49. The zero-order chi connectivity index (χ0) is 13.9. The van der Waals surface area contributed by atoms with Gasteiger partial charge < -0.3 is 10.2 Å². The fraction of sp³-hybridized carbons (Fsp3) is 0. The minimum atomic E-state index is 0.406. The van der Waals surface area contributed by atoms with Gasteiger partial charge in [0.1, 0.15) is 16.5 Å². The second kappa shape index (κ2) is 5.44. The molecular formula is C14H11BrN4O. The summed E-state index contributed by atoms with van der Waals surface area (Å²) in [5.74, 6) is 6.94. The molecular weight excluding hydrogens is 320 g/mol. The van der Waals surface area contributed by atoms with Gasteiger partial charge in [0.15, 0.2) is 5.82 Å². The van der Waals surface area contributed by atoms with Crippen LogP contribution in [0.25, 0.3) is 10.8 Å². The number of fused-ring (bicyclic) bond motifs is 1. The van der Waals surface area contributed by atoms with E-state index in [1.807, 2.05) is 36.4 Å². The number of nitrogens with two attached hydrogens (primary N) is 1. The van der Waals surface area contributed by atoms with Crippen LogP contribution in [0.5, 0.6) is 11.6 Å². The van der Waals surface area contributed by atoms with Gasteiger partial charge in [-0.25, -0.2) is 15.8 Å². The van der Waals surface area contributed by atoms with Gasteiger partial charge in [-0.3, -0.25) is 0 Å². The summed E-state index contributed by atoms with van der Waals surface area (Å²) in [5, 5.41) is 2.26. The Kier molecular flexibility index (Phi) is 3.49. The third-order valence-corrected chi connectivity index (χ3v) is 3.54. The molecule has 0 bridgehead atoms. The Morgan fingerprint density at radius 3 is 2.65 bits per heavy atom. The van der Waals surface area contributed by atoms with Crippen LogP contribution in [0, 0.1) is 0 Å². The first-order chi connectivity index (χ1) is 9.78. The van der Waals surface area contributed by atoms with E-state index in [0.717, 1.165) is 10.8 Å². The van der Waals surface area contributed by atoms with Gasteiger partial charge in [0.25, 0.3) is 0 Å². The summed E-state index contributed by atoms with van der Waals surface area (Å²) >= 11 is 3.36. The fourth-order valence-electron chi connectivity index (χ4n) is 1.87. The fourth-order valence-corrected chi connectivity index (χ4v) is 2.27. The topological polar surface area (TPSA) is 73.1 Å². The van der Waals surface area contributed by atoms with E-state index in [1.54, 1.807) is 0 Å². The van der Waals surface area contributed by atoms with Crippen molar-refractivity contribution in [1.29, 1.82) is 0 Å². The summed E-state index contributed by atoms with van der Waals surface area (Å²) in [5.41, 5.74) is 2.47. The molecule has 0 radical (unpaired) electrons. The van der Waals surface area contributed by atoms with Crippen molar-refractivity contribution in [3.63, 3.8) is 0 Å². The summed E-state index contributed by atoms with van der Waals surface area (Å²) < 4.78 is 6.35. The first-order valence-corrected chi connectivity index (χ1v) is 6.71. The van der Waals surface area contributed by atoms with Gasteiger partial charge >= 0.3 is 0 Å². The molecule has 3 N–H and O–H groups in total. The Morgan fingerprint density at radius 2 is 1.85 bits per heavy atom. The van der Waals surface area contributed by atoms with E-state index in [-0.39, 0.29) is 0 Å². The number of benzene rings is 2. The third-order valence-electron chi connectivity index (χ3n) is 2.83. The van der Waals surface area contributed by atoms with Crippen LogP contribution >= 0.6 is 15.9 Å². The Balaban J connectivity index is 1.97. The van der Waals surface area contributed by atoms with E-state index in [9.17, 15) is 0 Å². The number of nitrogen functional groups attached to an aromatic ring is 1. The van der Waals surface area contributed by atoms with E-state index in [2.05, 4.69) is 37.4 Å². The van der Waals surface area contributed by atoms with Crippen LogP contribution in [0.1, 0.15) is 0 Å². The van der Waals surface area contributed by atoms with E-state index in [1.165, 1.54) is 6.33 Å². The first-order valence-electron chi connectivity index (χ1n) is 5.91. The zero-order valence-corrected chi connectivity index (χ0v) is 12.0. The highest BCUT2D eigenvalue weighted by Gasteiger charge is 2.10. The second-order valence-electron chi connectivity index (χ2n) is 4.10. The van der Waals surface area contributed by atoms with Crippen molar-refractivity contribution in [3.05, 3.63) is 53.3 Å². The van der Waals surface area contributed by atoms with Crippen molar-refractivity contribution < 1.29 is 4.74 Å². The summed E-state index contributed by atoms with van der Waals surface area (Å²) in [4.78, 5) is 8.06. The van der Waals surface area contributed by atoms with Gasteiger partial charge in [0, 0.05) is 0 Å². The van der Waals surface area contributed by atoms with E-state index >= 15 is 0 Å². The number of aromatic nitrogens is 2. The molecule has 3 rings (SSSR count). The maximum Gasteiger partial charge on any atom is 0.238 e. The van der Waals surface area contributed by atoms with Crippen molar-refractivity contribution >= 4 is 32.5 Å².